The third-order valence-corrected chi connectivity index (χ3v) is 1.64. The van der Waals surface area contributed by atoms with E-state index in [0.717, 1.165) is 26.1 Å². The van der Waals surface area contributed by atoms with Crippen LogP contribution in [0.15, 0.2) is 0 Å². The fourth-order valence-electron chi connectivity index (χ4n) is 0.838. The van der Waals surface area contributed by atoms with E-state index in [4.69, 9.17) is 11.7 Å². The highest BCUT2D eigenvalue weighted by molar-refractivity contribution is 4.78. The average Bonchev–Trinajstić information content (AvgIpc) is 1.65. The largest absolute Gasteiger partial charge is 0.381 e. The fourth-order valence-corrected chi connectivity index (χ4v) is 0.838. The van der Waals surface area contributed by atoms with Crippen LogP contribution in [0.1, 0.15) is 19.8 Å². The molecule has 1 nitrogen and oxygen atoms in total. The minimum Gasteiger partial charge on any atom is -0.381 e. The SMILES string of the molecule is [CH]C1(C)CCOCC1. The Kier molecular flexibility index (Phi) is 1.57. The molecule has 0 spiro atoms. The Labute approximate surface area is 51.0 Å². The van der Waals surface area contributed by atoms with Crippen molar-refractivity contribution >= 4 is 0 Å². The zero-order valence-corrected chi connectivity index (χ0v) is 5.31. The Bertz CT molecular complexity index is 68.5. The summed E-state index contributed by atoms with van der Waals surface area (Å²) in [5.74, 6) is 0. The van der Waals surface area contributed by atoms with Crippen LogP contribution < -0.4 is 0 Å². The van der Waals surface area contributed by atoms with E-state index < -0.39 is 0 Å². The predicted octanol–water partition coefficient (Wildman–Crippen LogP) is 1.51. The zero-order chi connectivity index (χ0) is 6.04. The summed E-state index contributed by atoms with van der Waals surface area (Å²) in [6, 6.07) is 0. The fraction of sp³-hybridized carbons (Fsp3) is 0.857. The second-order valence-corrected chi connectivity index (χ2v) is 2.77. The highest BCUT2D eigenvalue weighted by atomic mass is 16.5. The van der Waals surface area contributed by atoms with Gasteiger partial charge in [0.15, 0.2) is 0 Å². The van der Waals surface area contributed by atoms with Gasteiger partial charge in [0.2, 0.25) is 0 Å². The lowest BCUT2D eigenvalue weighted by molar-refractivity contribution is 0.0438. The van der Waals surface area contributed by atoms with Gasteiger partial charge in [0.05, 0.1) is 0 Å². The van der Waals surface area contributed by atoms with E-state index in [2.05, 4.69) is 6.92 Å². The maximum atomic E-state index is 5.80. The summed E-state index contributed by atoms with van der Waals surface area (Å²) < 4.78 is 5.13. The molecule has 0 aromatic heterocycles. The molecule has 2 radical (unpaired) electrons. The van der Waals surface area contributed by atoms with Gasteiger partial charge in [0.25, 0.3) is 0 Å². The zero-order valence-electron chi connectivity index (χ0n) is 5.31. The Morgan fingerprint density at radius 2 is 1.88 bits per heavy atom. The molecule has 1 aliphatic heterocycles. The molecule has 1 aliphatic rings. The molecule has 0 atom stereocenters. The molecule has 0 aliphatic carbocycles. The summed E-state index contributed by atoms with van der Waals surface area (Å²) in [4.78, 5) is 0. The quantitative estimate of drug-likeness (QED) is 0.461. The van der Waals surface area contributed by atoms with Crippen molar-refractivity contribution in [2.75, 3.05) is 13.2 Å². The van der Waals surface area contributed by atoms with Crippen molar-refractivity contribution in [3.63, 3.8) is 0 Å². The molecule has 0 N–H and O–H groups in total. The highest BCUT2D eigenvalue weighted by Crippen LogP contribution is 2.27. The van der Waals surface area contributed by atoms with Gasteiger partial charge in [-0.2, -0.15) is 0 Å². The summed E-state index contributed by atoms with van der Waals surface area (Å²) in [6.07, 6.45) is 2.01. The van der Waals surface area contributed by atoms with Crippen LogP contribution in [0.5, 0.6) is 0 Å². The van der Waals surface area contributed by atoms with Gasteiger partial charge >= 0.3 is 0 Å². The minimum atomic E-state index is 0.0538. The molecule has 0 bridgehead atoms. The molecular formula is C7H12O. The van der Waals surface area contributed by atoms with Crippen LogP contribution in [-0.4, -0.2) is 13.2 Å². The van der Waals surface area contributed by atoms with E-state index in [1.54, 1.807) is 0 Å². The molecule has 0 aromatic rings. The third-order valence-electron chi connectivity index (χ3n) is 1.64. The van der Waals surface area contributed by atoms with Crippen molar-refractivity contribution in [2.45, 2.75) is 19.8 Å². The van der Waals surface area contributed by atoms with Crippen LogP contribution >= 0.6 is 0 Å². The molecule has 1 heteroatoms. The first-order chi connectivity index (χ1) is 3.71. The van der Waals surface area contributed by atoms with E-state index in [-0.39, 0.29) is 5.41 Å². The summed E-state index contributed by atoms with van der Waals surface area (Å²) >= 11 is 0. The molecule has 1 saturated heterocycles. The van der Waals surface area contributed by atoms with Crippen molar-refractivity contribution in [3.05, 3.63) is 6.92 Å². The topological polar surface area (TPSA) is 9.23 Å². The van der Waals surface area contributed by atoms with Gasteiger partial charge in [-0.3, -0.25) is 0 Å². The lowest BCUT2D eigenvalue weighted by Gasteiger charge is -2.28. The average molecular weight is 112 g/mol. The van der Waals surface area contributed by atoms with Crippen LogP contribution in [0, 0.1) is 12.3 Å². The van der Waals surface area contributed by atoms with Crippen molar-refractivity contribution in [3.8, 4) is 0 Å². The van der Waals surface area contributed by atoms with E-state index in [0.29, 0.717) is 0 Å². The van der Waals surface area contributed by atoms with Crippen molar-refractivity contribution in [1.82, 2.24) is 0 Å². The number of hydrogen-bond acceptors (Lipinski definition) is 1. The van der Waals surface area contributed by atoms with Crippen molar-refractivity contribution in [2.24, 2.45) is 5.41 Å². The Morgan fingerprint density at radius 1 is 1.38 bits per heavy atom. The van der Waals surface area contributed by atoms with Gasteiger partial charge < -0.3 is 4.74 Å². The molecule has 1 heterocycles. The first-order valence-electron chi connectivity index (χ1n) is 3.07. The summed E-state index contributed by atoms with van der Waals surface area (Å²) in [6.45, 7) is 9.56. The molecule has 0 unspecified atom stereocenters. The lowest BCUT2D eigenvalue weighted by atomic mass is 9.85. The lowest BCUT2D eigenvalue weighted by Crippen LogP contribution is -2.23. The standard InChI is InChI=1S/C7H12O/c1-7(2)3-5-8-6-4-7/h1H,3-6H2,2H3. The van der Waals surface area contributed by atoms with Gasteiger partial charge in [-0.05, 0) is 25.2 Å². The Hall–Kier alpha value is -0.0400. The van der Waals surface area contributed by atoms with Crippen LogP contribution in [0.4, 0.5) is 0 Å². The van der Waals surface area contributed by atoms with Crippen molar-refractivity contribution in [1.29, 1.82) is 0 Å². The van der Waals surface area contributed by atoms with E-state index >= 15 is 0 Å². The predicted molar refractivity (Wildman–Crippen MR) is 32.5 cm³/mol. The third kappa shape index (κ3) is 1.48. The van der Waals surface area contributed by atoms with Gasteiger partial charge in [-0.15, -0.1) is 0 Å². The Balaban J connectivity index is 2.33. The summed E-state index contributed by atoms with van der Waals surface area (Å²) in [5, 5.41) is 0. The molecule has 0 amide bonds. The van der Waals surface area contributed by atoms with Crippen LogP contribution in [-0.2, 0) is 4.74 Å². The minimum absolute atomic E-state index is 0.0538. The molecule has 8 heavy (non-hydrogen) atoms. The first-order valence-corrected chi connectivity index (χ1v) is 3.07. The summed E-state index contributed by atoms with van der Waals surface area (Å²) in [7, 11) is 0. The Morgan fingerprint density at radius 3 is 2.12 bits per heavy atom. The maximum Gasteiger partial charge on any atom is 0.0471 e. The second kappa shape index (κ2) is 2.06. The molecule has 0 saturated carbocycles. The molecule has 0 aromatic carbocycles. The monoisotopic (exact) mass is 112 g/mol. The highest BCUT2D eigenvalue weighted by Gasteiger charge is 2.20. The number of hydrogen-bond donors (Lipinski definition) is 0. The van der Waals surface area contributed by atoms with Crippen LogP contribution in [0.25, 0.3) is 0 Å². The molecule has 1 fully saturated rings. The van der Waals surface area contributed by atoms with Gasteiger partial charge in [-0.25, -0.2) is 0 Å². The molecular weight excluding hydrogens is 100 g/mol. The van der Waals surface area contributed by atoms with Gasteiger partial charge in [-0.1, -0.05) is 6.92 Å². The van der Waals surface area contributed by atoms with Crippen LogP contribution in [0.2, 0.25) is 0 Å². The van der Waals surface area contributed by atoms with E-state index in [1.807, 2.05) is 0 Å². The normalized spacial score (nSPS) is 27.8. The first kappa shape index (κ1) is 6.09. The van der Waals surface area contributed by atoms with E-state index in [1.165, 1.54) is 0 Å². The van der Waals surface area contributed by atoms with Gasteiger partial charge in [0, 0.05) is 13.2 Å². The maximum absolute atomic E-state index is 5.80. The van der Waals surface area contributed by atoms with E-state index in [9.17, 15) is 0 Å². The molecule has 1 rings (SSSR count). The number of rotatable bonds is 0. The van der Waals surface area contributed by atoms with Crippen molar-refractivity contribution < 1.29 is 4.74 Å². The van der Waals surface area contributed by atoms with Gasteiger partial charge in [0.1, 0.15) is 0 Å². The smallest absolute Gasteiger partial charge is 0.0471 e. The summed E-state index contributed by atoms with van der Waals surface area (Å²) in [5.41, 5.74) is 0.0538. The second-order valence-electron chi connectivity index (χ2n) is 2.77. The number of ether oxygens (including phenoxy) is 1. The van der Waals surface area contributed by atoms with Crippen LogP contribution in [0.3, 0.4) is 0 Å². The molecule has 46 valence electrons.